The smallest absolute Gasteiger partial charge is 0.267 e. The van der Waals surface area contributed by atoms with Gasteiger partial charge in [0.1, 0.15) is 13.0 Å². The zero-order valence-electron chi connectivity index (χ0n) is 24.7. The molecule has 1 amide bonds. The normalized spacial score (nSPS) is 20.3. The third-order valence-electron chi connectivity index (χ3n) is 9.16. The lowest BCUT2D eigenvalue weighted by Crippen LogP contribution is -2.56. The molecule has 1 N–H and O–H groups in total. The van der Waals surface area contributed by atoms with Gasteiger partial charge in [-0.1, -0.05) is 79.1 Å². The van der Waals surface area contributed by atoms with Crippen LogP contribution in [0, 0.1) is 25.7 Å². The summed E-state index contributed by atoms with van der Waals surface area (Å²) in [5.74, 6) is 0.971. The summed E-state index contributed by atoms with van der Waals surface area (Å²) in [6.07, 6.45) is 10.1. The Morgan fingerprint density at radius 1 is 0.825 bits per heavy atom. The molecule has 4 nitrogen and oxygen atoms in total. The van der Waals surface area contributed by atoms with Crippen LogP contribution in [0.2, 0.25) is 12.1 Å². The number of unbranched alkanes of at least 4 members (excludes halogenated alkanes) is 2. The van der Waals surface area contributed by atoms with Gasteiger partial charge < -0.3 is 0 Å². The first-order valence-electron chi connectivity index (χ1n) is 15.1. The Morgan fingerprint density at radius 2 is 1.40 bits per heavy atom. The first kappa shape index (κ1) is 30.2. The highest BCUT2D eigenvalue weighted by molar-refractivity contribution is 7.91. The van der Waals surface area contributed by atoms with Crippen LogP contribution >= 0.6 is 34.0 Å². The van der Waals surface area contributed by atoms with Crippen LogP contribution in [-0.4, -0.2) is 22.4 Å². The van der Waals surface area contributed by atoms with Crippen LogP contribution < -0.4 is 15.1 Å². The van der Waals surface area contributed by atoms with E-state index in [0.717, 1.165) is 21.6 Å². The second-order valence-electron chi connectivity index (χ2n) is 11.9. The van der Waals surface area contributed by atoms with Gasteiger partial charge in [-0.15, -0.1) is 34.0 Å². The molecule has 0 aromatic carbocycles. The van der Waals surface area contributed by atoms with E-state index in [-0.39, 0.29) is 4.90 Å². The molecule has 0 saturated heterocycles. The average Bonchev–Trinajstić information content (AvgIpc) is 3.69. The summed E-state index contributed by atoms with van der Waals surface area (Å²) in [7, 11) is -5.86. The fourth-order valence-corrected chi connectivity index (χ4v) is 20.4. The lowest BCUT2D eigenvalue weighted by molar-refractivity contribution is 0.0986. The molecule has 2 aliphatic heterocycles. The second-order valence-corrected chi connectivity index (χ2v) is 21.1. The highest BCUT2D eigenvalue weighted by Gasteiger charge is 2.50. The zero-order chi connectivity index (χ0) is 28.8. The van der Waals surface area contributed by atoms with Gasteiger partial charge in [-0.2, -0.15) is 0 Å². The van der Waals surface area contributed by atoms with Crippen LogP contribution in [0.1, 0.15) is 99.2 Å². The maximum Gasteiger partial charge on any atom is 0.267 e. The summed E-state index contributed by atoms with van der Waals surface area (Å²) in [4.78, 5) is 20.0. The molecule has 5 heterocycles. The van der Waals surface area contributed by atoms with Gasteiger partial charge in [0.2, 0.25) is 0 Å². The zero-order valence-corrected chi connectivity index (χ0v) is 29.0. The van der Waals surface area contributed by atoms with E-state index in [4.69, 9.17) is 0 Å². The lowest BCUT2D eigenvalue weighted by Gasteiger charge is -2.35. The van der Waals surface area contributed by atoms with Gasteiger partial charge in [0.05, 0.1) is 10.4 Å². The SMILES string of the molecule is CCCCC(CC)C[Si]1(CC(CC)CCCC)c2cc(C)sc2-c2sc(-c3sc(C)c4c3C(=O)NS4(=O)=O)cc21. The number of thiophene rings is 3. The molecule has 2 unspecified atom stereocenters. The van der Waals surface area contributed by atoms with Crippen LogP contribution in [0.5, 0.6) is 0 Å². The molecule has 40 heavy (non-hydrogen) atoms. The molecule has 0 bridgehead atoms. The molecule has 0 fully saturated rings. The molecule has 3 aromatic rings. The minimum Gasteiger partial charge on any atom is -0.268 e. The average molecular weight is 634 g/mol. The number of sulfonamides is 1. The van der Waals surface area contributed by atoms with E-state index in [9.17, 15) is 13.2 Å². The van der Waals surface area contributed by atoms with E-state index in [0.29, 0.717) is 10.4 Å². The van der Waals surface area contributed by atoms with Crippen molar-refractivity contribution in [2.75, 3.05) is 0 Å². The molecule has 0 aliphatic carbocycles. The number of fused-ring (bicyclic) bond motifs is 4. The van der Waals surface area contributed by atoms with E-state index in [2.05, 4.69) is 51.5 Å². The van der Waals surface area contributed by atoms with Gasteiger partial charge in [0, 0.05) is 24.4 Å². The summed E-state index contributed by atoms with van der Waals surface area (Å²) in [5.41, 5.74) is 0.362. The van der Waals surface area contributed by atoms with Gasteiger partial charge in [0.25, 0.3) is 15.9 Å². The number of carbonyl (C=O) groups excluding carboxylic acids is 1. The first-order valence-corrected chi connectivity index (χ1v) is 21.4. The van der Waals surface area contributed by atoms with E-state index in [1.807, 2.05) is 18.3 Å². The van der Waals surface area contributed by atoms with Crippen molar-refractivity contribution in [3.63, 3.8) is 0 Å². The Kier molecular flexibility index (Phi) is 8.90. The van der Waals surface area contributed by atoms with Crippen LogP contribution in [0.25, 0.3) is 19.5 Å². The van der Waals surface area contributed by atoms with E-state index in [1.165, 1.54) is 89.4 Å². The topological polar surface area (TPSA) is 63.2 Å². The third kappa shape index (κ3) is 5.12. The summed E-state index contributed by atoms with van der Waals surface area (Å²) in [5, 5.41) is 3.24. The van der Waals surface area contributed by atoms with Crippen molar-refractivity contribution in [2.24, 2.45) is 11.8 Å². The first-order chi connectivity index (χ1) is 19.1. The molecule has 218 valence electrons. The van der Waals surface area contributed by atoms with E-state index >= 15 is 0 Å². The van der Waals surface area contributed by atoms with Crippen LogP contribution in [-0.2, 0) is 10.0 Å². The Bertz CT molecular complexity index is 1500. The molecule has 0 saturated carbocycles. The number of carbonyl (C=O) groups is 1. The molecule has 9 heteroatoms. The molecular weight excluding hydrogens is 591 g/mol. The summed E-state index contributed by atoms with van der Waals surface area (Å²) in [6, 6.07) is 7.55. The van der Waals surface area contributed by atoms with Gasteiger partial charge in [-0.3, -0.25) is 4.79 Å². The predicted molar refractivity (Wildman–Crippen MR) is 176 cm³/mol. The minimum absolute atomic E-state index is 0.193. The molecule has 3 aromatic heterocycles. The number of amides is 1. The molecule has 5 rings (SSSR count). The maximum absolute atomic E-state index is 12.9. The standard InChI is InChI=1S/C31H43NO3S4Si/c1-7-11-13-21(9-3)17-40(18-22(10-4)14-12-8-2)24-15-19(5)36-28(24)29-25(40)16-23(38-29)27-26-30(20(6)37-27)39(34,35)32-31(26)33/h15-16,21-22H,7-14,17-18H2,1-6H3,(H,32,33). The Morgan fingerprint density at radius 3 is 1.98 bits per heavy atom. The molecule has 0 radical (unpaired) electrons. The van der Waals surface area contributed by atoms with Crippen molar-refractivity contribution in [1.82, 2.24) is 4.72 Å². The van der Waals surface area contributed by atoms with Gasteiger partial charge >= 0.3 is 0 Å². The largest absolute Gasteiger partial charge is 0.268 e. The number of nitrogens with one attached hydrogen (secondary N) is 1. The van der Waals surface area contributed by atoms with E-state index in [1.54, 1.807) is 21.7 Å². The summed E-state index contributed by atoms with van der Waals surface area (Å²) in [6.45, 7) is 13.4. The van der Waals surface area contributed by atoms with Gasteiger partial charge in [-0.05, 0) is 60.3 Å². The highest BCUT2D eigenvalue weighted by Crippen LogP contribution is 2.50. The number of hydrogen-bond donors (Lipinski definition) is 1. The van der Waals surface area contributed by atoms with Crippen molar-refractivity contribution in [2.45, 2.75) is 110 Å². The second kappa shape index (κ2) is 11.8. The van der Waals surface area contributed by atoms with Crippen molar-refractivity contribution < 1.29 is 13.2 Å². The van der Waals surface area contributed by atoms with E-state index < -0.39 is 24.0 Å². The maximum atomic E-state index is 12.9. The third-order valence-corrected chi connectivity index (χ3v) is 20.2. The molecule has 2 atom stereocenters. The monoisotopic (exact) mass is 633 g/mol. The predicted octanol–water partition coefficient (Wildman–Crippen LogP) is 8.56. The Hall–Kier alpha value is -1.26. The molecular formula is C31H43NO3S4Si. The Balaban J connectivity index is 1.69. The number of aryl methyl sites for hydroxylation is 2. The van der Waals surface area contributed by atoms with Crippen molar-refractivity contribution >= 4 is 68.4 Å². The van der Waals surface area contributed by atoms with Crippen molar-refractivity contribution in [3.05, 3.63) is 27.5 Å². The summed E-state index contributed by atoms with van der Waals surface area (Å²) >= 11 is 5.21. The molecule has 2 aliphatic rings. The van der Waals surface area contributed by atoms with Gasteiger partial charge in [-0.25, -0.2) is 13.1 Å². The Labute approximate surface area is 253 Å². The lowest BCUT2D eigenvalue weighted by atomic mass is 10.0. The van der Waals surface area contributed by atoms with Crippen molar-refractivity contribution in [3.8, 4) is 19.5 Å². The highest BCUT2D eigenvalue weighted by atomic mass is 32.2. The fraction of sp³-hybridized carbons (Fsp3) is 0.581. The number of hydrogen-bond acceptors (Lipinski definition) is 6. The molecule has 0 spiro atoms. The quantitative estimate of drug-likeness (QED) is 0.192. The van der Waals surface area contributed by atoms with Crippen molar-refractivity contribution in [1.29, 1.82) is 0 Å². The number of rotatable bonds is 13. The van der Waals surface area contributed by atoms with Gasteiger partial charge in [0.15, 0.2) is 0 Å². The van der Waals surface area contributed by atoms with Crippen LogP contribution in [0.4, 0.5) is 0 Å². The minimum atomic E-state index is -3.77. The summed E-state index contributed by atoms with van der Waals surface area (Å²) < 4.78 is 27.6. The van der Waals surface area contributed by atoms with Crippen LogP contribution in [0.3, 0.4) is 0 Å². The van der Waals surface area contributed by atoms with Crippen LogP contribution in [0.15, 0.2) is 17.0 Å². The fourth-order valence-electron chi connectivity index (χ4n) is 7.06.